The molecule has 0 fully saturated rings. The summed E-state index contributed by atoms with van der Waals surface area (Å²) in [5.74, 6) is -2.61. The van der Waals surface area contributed by atoms with Gasteiger partial charge in [-0.1, -0.05) is 0 Å². The maximum atomic E-state index is 11.4. The summed E-state index contributed by atoms with van der Waals surface area (Å²) in [5.41, 5.74) is 6.13. The monoisotopic (exact) mass is 224 g/mol. The normalized spacial score (nSPS) is 9.94. The quantitative estimate of drug-likeness (QED) is 0.578. The summed E-state index contributed by atoms with van der Waals surface area (Å²) in [4.78, 5) is 26.7. The highest BCUT2D eigenvalue weighted by Gasteiger charge is 2.31. The number of carbonyl (C=O) groups excluding carboxylic acids is 2. The van der Waals surface area contributed by atoms with Crippen LogP contribution in [0.1, 0.15) is 11.6 Å². The topological polar surface area (TPSA) is 91.5 Å². The van der Waals surface area contributed by atoms with Crippen molar-refractivity contribution in [3.8, 4) is 0 Å². The molecule has 1 rings (SSSR count). The molecule has 0 spiro atoms. The Hall–Kier alpha value is -2.11. The van der Waals surface area contributed by atoms with Crippen LogP contribution in [0.15, 0.2) is 18.3 Å². The number of hydrogen-bond acceptors (Lipinski definition) is 6. The molecule has 6 nitrogen and oxygen atoms in total. The van der Waals surface area contributed by atoms with Gasteiger partial charge >= 0.3 is 11.9 Å². The fraction of sp³-hybridized carbons (Fsp3) is 0.300. The van der Waals surface area contributed by atoms with Crippen molar-refractivity contribution in [2.75, 3.05) is 20.0 Å². The third kappa shape index (κ3) is 2.47. The molecule has 0 atom stereocenters. The Kier molecular flexibility index (Phi) is 3.82. The van der Waals surface area contributed by atoms with Crippen LogP contribution >= 0.6 is 0 Å². The van der Waals surface area contributed by atoms with E-state index in [2.05, 4.69) is 14.5 Å². The van der Waals surface area contributed by atoms with Crippen LogP contribution in [0.5, 0.6) is 0 Å². The van der Waals surface area contributed by atoms with Crippen LogP contribution < -0.4 is 5.73 Å². The Balaban J connectivity index is 3.06. The number of pyridine rings is 1. The van der Waals surface area contributed by atoms with E-state index in [1.54, 1.807) is 6.07 Å². The average molecular weight is 224 g/mol. The zero-order valence-corrected chi connectivity index (χ0v) is 8.97. The number of anilines is 1. The van der Waals surface area contributed by atoms with E-state index >= 15 is 0 Å². The summed E-state index contributed by atoms with van der Waals surface area (Å²) in [6.45, 7) is 0. The fourth-order valence-electron chi connectivity index (χ4n) is 1.16. The highest BCUT2D eigenvalue weighted by atomic mass is 16.5. The molecule has 6 heteroatoms. The van der Waals surface area contributed by atoms with Crippen molar-refractivity contribution in [2.45, 2.75) is 5.92 Å². The number of carbonyl (C=O) groups is 2. The van der Waals surface area contributed by atoms with Crippen LogP contribution in [0.2, 0.25) is 0 Å². The van der Waals surface area contributed by atoms with Gasteiger partial charge in [0, 0.05) is 0 Å². The van der Waals surface area contributed by atoms with Gasteiger partial charge in [0.15, 0.2) is 5.92 Å². The van der Waals surface area contributed by atoms with Crippen LogP contribution in [-0.4, -0.2) is 31.1 Å². The molecule has 0 aliphatic carbocycles. The van der Waals surface area contributed by atoms with Gasteiger partial charge in [-0.2, -0.15) is 0 Å². The lowest BCUT2D eigenvalue weighted by Gasteiger charge is -2.11. The lowest BCUT2D eigenvalue weighted by Crippen LogP contribution is -2.25. The highest BCUT2D eigenvalue weighted by molar-refractivity contribution is 6.00. The van der Waals surface area contributed by atoms with E-state index in [1.807, 2.05) is 0 Å². The molecule has 2 N–H and O–H groups in total. The molecule has 0 aliphatic heterocycles. The second kappa shape index (κ2) is 5.11. The van der Waals surface area contributed by atoms with Crippen molar-refractivity contribution in [3.63, 3.8) is 0 Å². The largest absolute Gasteiger partial charge is 0.468 e. The molecule has 0 saturated heterocycles. The number of methoxy groups -OCH3 is 2. The minimum absolute atomic E-state index is 0.243. The average Bonchev–Trinajstić information content (AvgIpc) is 2.31. The van der Waals surface area contributed by atoms with E-state index in [1.165, 1.54) is 26.5 Å². The fourth-order valence-corrected chi connectivity index (χ4v) is 1.16. The molecular weight excluding hydrogens is 212 g/mol. The van der Waals surface area contributed by atoms with Gasteiger partial charge in [-0.3, -0.25) is 14.6 Å². The van der Waals surface area contributed by atoms with E-state index in [-0.39, 0.29) is 5.69 Å². The zero-order valence-electron chi connectivity index (χ0n) is 8.97. The lowest BCUT2D eigenvalue weighted by atomic mass is 10.1. The van der Waals surface area contributed by atoms with Gasteiger partial charge in [-0.05, 0) is 12.1 Å². The molecular formula is C10H12N2O4. The van der Waals surface area contributed by atoms with Crippen LogP contribution in [0, 0.1) is 0 Å². The second-order valence-electron chi connectivity index (χ2n) is 3.00. The Morgan fingerprint density at radius 3 is 2.19 bits per heavy atom. The molecule has 0 bridgehead atoms. The predicted octanol–water partition coefficient (Wildman–Crippen LogP) is 0.0934. The van der Waals surface area contributed by atoms with Gasteiger partial charge in [-0.25, -0.2) is 0 Å². The molecule has 1 heterocycles. The highest BCUT2D eigenvalue weighted by Crippen LogP contribution is 2.17. The Morgan fingerprint density at radius 1 is 1.25 bits per heavy atom. The molecule has 0 radical (unpaired) electrons. The number of hydrogen-bond donors (Lipinski definition) is 1. The van der Waals surface area contributed by atoms with Crippen molar-refractivity contribution in [1.29, 1.82) is 0 Å². The summed E-state index contributed by atoms with van der Waals surface area (Å²) < 4.78 is 9.02. The van der Waals surface area contributed by atoms with Gasteiger partial charge < -0.3 is 15.2 Å². The third-order valence-corrected chi connectivity index (χ3v) is 1.98. The minimum atomic E-state index is -1.17. The van der Waals surface area contributed by atoms with Crippen LogP contribution in [0.4, 0.5) is 5.69 Å². The molecule has 1 aromatic rings. The Bertz CT molecular complexity index is 372. The maximum absolute atomic E-state index is 11.4. The molecule has 86 valence electrons. The number of nitrogens with zero attached hydrogens (tertiary/aromatic N) is 1. The van der Waals surface area contributed by atoms with Crippen molar-refractivity contribution >= 4 is 17.6 Å². The third-order valence-electron chi connectivity index (χ3n) is 1.98. The SMILES string of the molecule is COC(=O)C(C(=O)OC)c1ccc(N)cn1. The summed E-state index contributed by atoms with van der Waals surface area (Å²) in [6, 6.07) is 3.02. The van der Waals surface area contributed by atoms with Crippen LogP contribution in [0.3, 0.4) is 0 Å². The van der Waals surface area contributed by atoms with E-state index in [0.29, 0.717) is 5.69 Å². The van der Waals surface area contributed by atoms with Crippen molar-refractivity contribution < 1.29 is 19.1 Å². The molecule has 1 aromatic heterocycles. The number of rotatable bonds is 3. The first-order valence-electron chi connectivity index (χ1n) is 4.47. The summed E-state index contributed by atoms with van der Waals surface area (Å²) in [6.07, 6.45) is 1.36. The molecule has 0 unspecified atom stereocenters. The predicted molar refractivity (Wildman–Crippen MR) is 55.4 cm³/mol. The van der Waals surface area contributed by atoms with Gasteiger partial charge in [0.2, 0.25) is 0 Å². The van der Waals surface area contributed by atoms with Crippen molar-refractivity contribution in [3.05, 3.63) is 24.0 Å². The summed E-state index contributed by atoms with van der Waals surface area (Å²) >= 11 is 0. The van der Waals surface area contributed by atoms with Crippen LogP contribution in [0.25, 0.3) is 0 Å². The standard InChI is InChI=1S/C10H12N2O4/c1-15-9(13)8(10(14)16-2)7-4-3-6(11)5-12-7/h3-5,8H,11H2,1-2H3. The van der Waals surface area contributed by atoms with Crippen molar-refractivity contribution in [2.24, 2.45) is 0 Å². The molecule has 0 aromatic carbocycles. The number of nitrogen functional groups attached to an aromatic ring is 1. The van der Waals surface area contributed by atoms with Crippen molar-refractivity contribution in [1.82, 2.24) is 4.98 Å². The summed E-state index contributed by atoms with van der Waals surface area (Å²) in [5, 5.41) is 0. The molecule has 0 saturated carbocycles. The number of aromatic nitrogens is 1. The first-order valence-corrected chi connectivity index (χ1v) is 4.47. The van der Waals surface area contributed by atoms with Crippen LogP contribution in [-0.2, 0) is 19.1 Å². The molecule has 0 aliphatic rings. The Morgan fingerprint density at radius 2 is 1.81 bits per heavy atom. The first-order chi connectivity index (χ1) is 7.60. The number of ether oxygens (including phenoxy) is 2. The van der Waals surface area contributed by atoms with Gasteiger partial charge in [-0.15, -0.1) is 0 Å². The van der Waals surface area contributed by atoms with E-state index < -0.39 is 17.9 Å². The maximum Gasteiger partial charge on any atom is 0.326 e. The van der Waals surface area contributed by atoms with Gasteiger partial charge in [0.05, 0.1) is 31.8 Å². The minimum Gasteiger partial charge on any atom is -0.468 e. The molecule has 0 amide bonds. The van der Waals surface area contributed by atoms with E-state index in [4.69, 9.17) is 5.73 Å². The first kappa shape index (κ1) is 12.0. The second-order valence-corrected chi connectivity index (χ2v) is 3.00. The lowest BCUT2D eigenvalue weighted by molar-refractivity contribution is -0.154. The molecule has 16 heavy (non-hydrogen) atoms. The van der Waals surface area contributed by atoms with Gasteiger partial charge in [0.1, 0.15) is 0 Å². The zero-order chi connectivity index (χ0) is 12.1. The van der Waals surface area contributed by atoms with Gasteiger partial charge in [0.25, 0.3) is 0 Å². The van der Waals surface area contributed by atoms with E-state index in [9.17, 15) is 9.59 Å². The Labute approximate surface area is 92.4 Å². The number of nitrogens with two attached hydrogens (primary N) is 1. The smallest absolute Gasteiger partial charge is 0.326 e. The van der Waals surface area contributed by atoms with E-state index in [0.717, 1.165) is 0 Å². The summed E-state index contributed by atoms with van der Waals surface area (Å²) in [7, 11) is 2.38. The number of esters is 2.